The van der Waals surface area contributed by atoms with Gasteiger partial charge in [0.2, 0.25) is 0 Å². The minimum atomic E-state index is -4.54. The lowest BCUT2D eigenvalue weighted by molar-refractivity contribution is -0.137. The quantitative estimate of drug-likeness (QED) is 0.509. The summed E-state index contributed by atoms with van der Waals surface area (Å²) in [6, 6.07) is 22.2. The van der Waals surface area contributed by atoms with E-state index >= 15 is 0 Å². The van der Waals surface area contributed by atoms with Crippen LogP contribution in [0.25, 0.3) is 0 Å². The molecule has 4 rings (SSSR count). The average Bonchev–Trinajstić information content (AvgIpc) is 2.68. The van der Waals surface area contributed by atoms with Crippen molar-refractivity contribution in [3.63, 3.8) is 0 Å². The summed E-state index contributed by atoms with van der Waals surface area (Å²) in [5, 5.41) is 0. The summed E-state index contributed by atoms with van der Waals surface area (Å²) in [7, 11) is 0. The highest BCUT2D eigenvalue weighted by Gasteiger charge is 2.37. The fourth-order valence-corrected chi connectivity index (χ4v) is 3.59. The zero-order valence-corrected chi connectivity index (χ0v) is 15.4. The second-order valence-electron chi connectivity index (χ2n) is 7.06. The van der Waals surface area contributed by atoms with E-state index in [1.807, 2.05) is 60.7 Å². The van der Waals surface area contributed by atoms with Gasteiger partial charge in [-0.1, -0.05) is 60.7 Å². The molecule has 3 aromatic rings. The van der Waals surface area contributed by atoms with E-state index in [4.69, 9.17) is 4.74 Å². The van der Waals surface area contributed by atoms with Gasteiger partial charge in [0.1, 0.15) is 6.10 Å². The van der Waals surface area contributed by atoms with Gasteiger partial charge in [-0.2, -0.15) is 13.2 Å². The number of halogens is 4. The van der Waals surface area contributed by atoms with Gasteiger partial charge in [0.15, 0.2) is 11.6 Å². The molecule has 0 aromatic heterocycles. The second-order valence-corrected chi connectivity index (χ2v) is 7.06. The molecule has 0 aliphatic carbocycles. The summed E-state index contributed by atoms with van der Waals surface area (Å²) in [5.41, 5.74) is 1.31. The van der Waals surface area contributed by atoms with Crippen molar-refractivity contribution >= 4 is 0 Å². The molecule has 0 unspecified atom stereocenters. The lowest BCUT2D eigenvalue weighted by Gasteiger charge is -2.44. The monoisotopic (exact) mass is 401 g/mol. The molecule has 0 amide bonds. The van der Waals surface area contributed by atoms with Crippen LogP contribution in [0.15, 0.2) is 78.9 Å². The van der Waals surface area contributed by atoms with Gasteiger partial charge in [-0.3, -0.25) is 4.90 Å². The maximum absolute atomic E-state index is 14.0. The number of hydrogen-bond donors (Lipinski definition) is 0. The van der Waals surface area contributed by atoms with Crippen molar-refractivity contribution in [3.05, 3.63) is 101 Å². The minimum Gasteiger partial charge on any atom is -0.485 e. The first-order chi connectivity index (χ1) is 13.9. The van der Waals surface area contributed by atoms with E-state index in [-0.39, 0.29) is 17.9 Å². The number of alkyl halides is 3. The molecule has 0 spiro atoms. The molecule has 150 valence electrons. The third kappa shape index (κ3) is 4.27. The van der Waals surface area contributed by atoms with Crippen molar-refractivity contribution in [1.82, 2.24) is 4.90 Å². The van der Waals surface area contributed by atoms with Crippen LogP contribution in [0.5, 0.6) is 5.75 Å². The van der Waals surface area contributed by atoms with Gasteiger partial charge < -0.3 is 4.74 Å². The molecule has 1 aliphatic heterocycles. The number of likely N-dealkylation sites (tertiary alicyclic amines) is 1. The van der Waals surface area contributed by atoms with Crippen molar-refractivity contribution in [2.24, 2.45) is 0 Å². The van der Waals surface area contributed by atoms with Gasteiger partial charge >= 0.3 is 6.18 Å². The highest BCUT2D eigenvalue weighted by Crippen LogP contribution is 2.36. The van der Waals surface area contributed by atoms with Crippen LogP contribution in [-0.4, -0.2) is 24.1 Å². The first kappa shape index (κ1) is 19.5. The third-order valence-corrected chi connectivity index (χ3v) is 5.02. The highest BCUT2D eigenvalue weighted by atomic mass is 19.4. The molecule has 0 N–H and O–H groups in total. The Morgan fingerprint density at radius 3 is 1.90 bits per heavy atom. The summed E-state index contributed by atoms with van der Waals surface area (Å²) < 4.78 is 58.2. The SMILES string of the molecule is Fc1ccc(C(F)(F)F)cc1OC1CN(C(c2ccccc2)c2ccccc2)C1. The number of hydrogen-bond acceptors (Lipinski definition) is 2. The Labute approximate surface area is 166 Å². The predicted octanol–water partition coefficient (Wildman–Crippen LogP) is 5.70. The van der Waals surface area contributed by atoms with Gasteiger partial charge in [-0.25, -0.2) is 4.39 Å². The fourth-order valence-electron chi connectivity index (χ4n) is 3.59. The summed E-state index contributed by atoms with van der Waals surface area (Å²) in [6.07, 6.45) is -4.91. The molecular weight excluding hydrogens is 382 g/mol. The van der Waals surface area contributed by atoms with Crippen LogP contribution in [-0.2, 0) is 6.18 Å². The maximum atomic E-state index is 14.0. The maximum Gasteiger partial charge on any atom is 0.416 e. The van der Waals surface area contributed by atoms with E-state index < -0.39 is 17.6 Å². The van der Waals surface area contributed by atoms with Crippen molar-refractivity contribution < 1.29 is 22.3 Å². The first-order valence-corrected chi connectivity index (χ1v) is 9.29. The van der Waals surface area contributed by atoms with Crippen LogP contribution in [0.3, 0.4) is 0 Å². The molecule has 1 fully saturated rings. The summed E-state index contributed by atoms with van der Waals surface area (Å²) in [5.74, 6) is -1.15. The van der Waals surface area contributed by atoms with Gasteiger partial charge in [0.25, 0.3) is 0 Å². The molecule has 1 heterocycles. The number of rotatable bonds is 5. The Morgan fingerprint density at radius 2 is 1.38 bits per heavy atom. The lowest BCUT2D eigenvalue weighted by atomic mass is 9.94. The Hall–Kier alpha value is -2.86. The molecule has 3 aromatic carbocycles. The molecule has 1 saturated heterocycles. The van der Waals surface area contributed by atoms with Gasteiger partial charge in [0, 0.05) is 13.1 Å². The van der Waals surface area contributed by atoms with Crippen molar-refractivity contribution in [2.45, 2.75) is 18.3 Å². The van der Waals surface area contributed by atoms with E-state index in [1.54, 1.807) is 0 Å². The van der Waals surface area contributed by atoms with Gasteiger partial charge in [0.05, 0.1) is 11.6 Å². The van der Waals surface area contributed by atoms with Crippen LogP contribution < -0.4 is 4.74 Å². The summed E-state index contributed by atoms with van der Waals surface area (Å²) in [6.45, 7) is 0.980. The van der Waals surface area contributed by atoms with Crippen molar-refractivity contribution in [3.8, 4) is 5.75 Å². The van der Waals surface area contributed by atoms with Crippen LogP contribution in [0.1, 0.15) is 22.7 Å². The van der Waals surface area contributed by atoms with Crippen LogP contribution in [0.2, 0.25) is 0 Å². The van der Waals surface area contributed by atoms with Crippen molar-refractivity contribution in [1.29, 1.82) is 0 Å². The molecular formula is C23H19F4NO. The van der Waals surface area contributed by atoms with Crippen LogP contribution >= 0.6 is 0 Å². The molecule has 0 saturated carbocycles. The standard InChI is InChI=1S/C23H19F4NO/c24-20-12-11-18(23(25,26)27)13-21(20)29-19-14-28(15-19)22(16-7-3-1-4-8-16)17-9-5-2-6-10-17/h1-13,19,22H,14-15H2. The smallest absolute Gasteiger partial charge is 0.416 e. The molecule has 2 nitrogen and oxygen atoms in total. The van der Waals surface area contributed by atoms with E-state index in [1.165, 1.54) is 0 Å². The normalized spacial score (nSPS) is 15.3. The van der Waals surface area contributed by atoms with Gasteiger partial charge in [-0.05, 0) is 29.3 Å². The molecule has 1 aliphatic rings. The Balaban J connectivity index is 1.50. The first-order valence-electron chi connectivity index (χ1n) is 9.29. The molecule has 0 bridgehead atoms. The van der Waals surface area contributed by atoms with Gasteiger partial charge in [-0.15, -0.1) is 0 Å². The highest BCUT2D eigenvalue weighted by molar-refractivity contribution is 5.34. The van der Waals surface area contributed by atoms with E-state index in [0.717, 1.165) is 29.3 Å². The zero-order valence-electron chi connectivity index (χ0n) is 15.4. The van der Waals surface area contributed by atoms with Crippen LogP contribution in [0, 0.1) is 5.82 Å². The average molecular weight is 401 g/mol. The number of nitrogens with zero attached hydrogens (tertiary/aromatic N) is 1. The van der Waals surface area contributed by atoms with Crippen LogP contribution in [0.4, 0.5) is 17.6 Å². The Bertz CT molecular complexity index is 914. The largest absolute Gasteiger partial charge is 0.485 e. The fraction of sp³-hybridized carbons (Fsp3) is 0.217. The third-order valence-electron chi connectivity index (χ3n) is 5.02. The molecule has 29 heavy (non-hydrogen) atoms. The van der Waals surface area contributed by atoms with E-state index in [9.17, 15) is 17.6 Å². The Kier molecular flexibility index (Phi) is 5.28. The Morgan fingerprint density at radius 1 is 0.828 bits per heavy atom. The molecule has 0 atom stereocenters. The summed E-state index contributed by atoms with van der Waals surface area (Å²) >= 11 is 0. The second kappa shape index (κ2) is 7.87. The number of ether oxygens (including phenoxy) is 1. The number of benzene rings is 3. The summed E-state index contributed by atoms with van der Waals surface area (Å²) in [4.78, 5) is 2.17. The van der Waals surface area contributed by atoms with E-state index in [2.05, 4.69) is 4.90 Å². The predicted molar refractivity (Wildman–Crippen MR) is 102 cm³/mol. The van der Waals surface area contributed by atoms with E-state index in [0.29, 0.717) is 13.1 Å². The molecule has 0 radical (unpaired) electrons. The molecule has 6 heteroatoms. The topological polar surface area (TPSA) is 12.5 Å². The lowest BCUT2D eigenvalue weighted by Crippen LogP contribution is -2.55. The zero-order chi connectivity index (χ0) is 20.4. The minimum absolute atomic E-state index is 0.00334. The van der Waals surface area contributed by atoms with Crippen molar-refractivity contribution in [2.75, 3.05) is 13.1 Å².